The lowest BCUT2D eigenvalue weighted by Gasteiger charge is -2.30. The van der Waals surface area contributed by atoms with Crippen molar-refractivity contribution in [2.75, 3.05) is 30.4 Å². The molecule has 1 amide bonds. The lowest BCUT2D eigenvalue weighted by molar-refractivity contribution is -0.117. The lowest BCUT2D eigenvalue weighted by Crippen LogP contribution is -2.33. The number of hydrogen-bond donors (Lipinski definition) is 1. The highest BCUT2D eigenvalue weighted by atomic mass is 35.5. The van der Waals surface area contributed by atoms with Gasteiger partial charge in [0.2, 0.25) is 5.91 Å². The van der Waals surface area contributed by atoms with Gasteiger partial charge in [0.25, 0.3) is 5.78 Å². The largest absolute Gasteiger partial charge is 0.495 e. The first-order chi connectivity index (χ1) is 14.4. The Morgan fingerprint density at radius 3 is 2.80 bits per heavy atom. The normalized spacial score (nSPS) is 14.8. The summed E-state index contributed by atoms with van der Waals surface area (Å²) in [5.74, 6) is 1.82. The Morgan fingerprint density at radius 2 is 2.07 bits per heavy atom. The lowest BCUT2D eigenvalue weighted by atomic mass is 9.99. The summed E-state index contributed by atoms with van der Waals surface area (Å²) in [4.78, 5) is 31.8. The first-order valence-corrected chi connectivity index (χ1v) is 10.2. The fourth-order valence-electron chi connectivity index (χ4n) is 3.52. The fourth-order valence-corrected chi connectivity index (χ4v) is 3.69. The van der Waals surface area contributed by atoms with Crippen LogP contribution in [0.1, 0.15) is 19.8 Å². The van der Waals surface area contributed by atoms with Crippen molar-refractivity contribution in [2.45, 2.75) is 26.3 Å². The predicted octanol–water partition coefficient (Wildman–Crippen LogP) is 2.43. The summed E-state index contributed by atoms with van der Waals surface area (Å²) in [5, 5.41) is 7.40. The van der Waals surface area contributed by atoms with Crippen LogP contribution >= 0.6 is 11.6 Å². The first kappa shape index (κ1) is 20.2. The molecule has 0 saturated carbocycles. The van der Waals surface area contributed by atoms with Gasteiger partial charge in [-0.3, -0.25) is 4.79 Å². The second-order valence-corrected chi connectivity index (χ2v) is 7.89. The Labute approximate surface area is 178 Å². The number of anilines is 2. The molecule has 0 unspecified atom stereocenters. The molecule has 0 bridgehead atoms. The number of benzene rings is 1. The van der Waals surface area contributed by atoms with Gasteiger partial charge < -0.3 is 15.0 Å². The topological polar surface area (TPSA) is 93.8 Å². The number of fused-ring (bicyclic) bond motifs is 1. The maximum absolute atomic E-state index is 12.6. The van der Waals surface area contributed by atoms with E-state index in [1.807, 2.05) is 6.07 Å². The number of amides is 1. The second-order valence-electron chi connectivity index (χ2n) is 7.46. The maximum Gasteiger partial charge on any atom is 0.352 e. The van der Waals surface area contributed by atoms with Gasteiger partial charge in [-0.2, -0.15) is 4.98 Å². The van der Waals surface area contributed by atoms with Crippen LogP contribution in [0.2, 0.25) is 5.02 Å². The minimum Gasteiger partial charge on any atom is -0.495 e. The number of ether oxygens (including phenoxy) is 1. The van der Waals surface area contributed by atoms with Gasteiger partial charge in [-0.15, -0.1) is 5.10 Å². The molecule has 1 aliphatic heterocycles. The monoisotopic (exact) mass is 430 g/mol. The third-order valence-corrected chi connectivity index (χ3v) is 5.51. The van der Waals surface area contributed by atoms with E-state index in [0.29, 0.717) is 22.4 Å². The molecule has 2 aromatic heterocycles. The average Bonchev–Trinajstić information content (AvgIpc) is 3.03. The highest BCUT2D eigenvalue weighted by molar-refractivity contribution is 6.31. The van der Waals surface area contributed by atoms with Crippen LogP contribution in [0.4, 0.5) is 11.5 Å². The Balaban J connectivity index is 1.53. The summed E-state index contributed by atoms with van der Waals surface area (Å²) in [6, 6.07) is 6.71. The van der Waals surface area contributed by atoms with Crippen LogP contribution in [0.5, 0.6) is 5.75 Å². The van der Waals surface area contributed by atoms with Crippen molar-refractivity contribution in [2.24, 2.45) is 5.92 Å². The highest BCUT2D eigenvalue weighted by Gasteiger charge is 2.19. The van der Waals surface area contributed by atoms with E-state index in [9.17, 15) is 9.59 Å². The van der Waals surface area contributed by atoms with E-state index in [4.69, 9.17) is 16.3 Å². The zero-order valence-corrected chi connectivity index (χ0v) is 17.6. The Kier molecular flexibility index (Phi) is 5.63. The molecular formula is C20H23ClN6O3. The van der Waals surface area contributed by atoms with E-state index in [0.717, 1.165) is 36.4 Å². The van der Waals surface area contributed by atoms with Crippen molar-refractivity contribution in [3.05, 3.63) is 46.0 Å². The molecule has 1 aromatic carbocycles. The molecule has 4 rings (SSSR count). The average molecular weight is 431 g/mol. The Morgan fingerprint density at radius 1 is 1.30 bits per heavy atom. The molecule has 3 heterocycles. The molecule has 1 fully saturated rings. The van der Waals surface area contributed by atoms with Crippen molar-refractivity contribution in [1.29, 1.82) is 0 Å². The van der Waals surface area contributed by atoms with Crippen molar-refractivity contribution < 1.29 is 9.53 Å². The zero-order valence-electron chi connectivity index (χ0n) is 16.8. The molecule has 0 spiro atoms. The third-order valence-electron chi connectivity index (χ3n) is 5.28. The summed E-state index contributed by atoms with van der Waals surface area (Å²) in [7, 11) is 1.50. The number of carbonyl (C=O) groups excluding carboxylic acids is 1. The van der Waals surface area contributed by atoms with Crippen LogP contribution in [0.25, 0.3) is 5.78 Å². The smallest absolute Gasteiger partial charge is 0.352 e. The van der Waals surface area contributed by atoms with E-state index in [-0.39, 0.29) is 12.3 Å². The molecule has 3 aromatic rings. The molecule has 1 aliphatic rings. The van der Waals surface area contributed by atoms with Crippen molar-refractivity contribution in [1.82, 2.24) is 19.2 Å². The number of hydrogen-bond acceptors (Lipinski definition) is 6. The van der Waals surface area contributed by atoms with Crippen LogP contribution in [-0.4, -0.2) is 45.3 Å². The van der Waals surface area contributed by atoms with Crippen LogP contribution in [-0.2, 0) is 11.3 Å². The third kappa shape index (κ3) is 4.11. The number of rotatable bonds is 5. The van der Waals surface area contributed by atoms with Gasteiger partial charge in [-0.25, -0.2) is 13.9 Å². The number of aromatic nitrogens is 4. The second kappa shape index (κ2) is 8.35. The van der Waals surface area contributed by atoms with Crippen LogP contribution in [0, 0.1) is 5.92 Å². The molecule has 9 nitrogen and oxygen atoms in total. The number of carbonyl (C=O) groups is 1. The fraction of sp³-hybridized carbons (Fsp3) is 0.400. The van der Waals surface area contributed by atoms with E-state index < -0.39 is 11.6 Å². The van der Waals surface area contributed by atoms with E-state index in [1.54, 1.807) is 24.4 Å². The Hall–Kier alpha value is -3.07. The van der Waals surface area contributed by atoms with Gasteiger partial charge in [0, 0.05) is 24.3 Å². The number of nitrogens with zero attached hydrogens (tertiary/aromatic N) is 5. The minimum absolute atomic E-state index is 0.256. The molecule has 1 N–H and O–H groups in total. The summed E-state index contributed by atoms with van der Waals surface area (Å²) in [6.45, 7) is 3.85. The van der Waals surface area contributed by atoms with Crippen LogP contribution in [0.15, 0.2) is 35.3 Å². The van der Waals surface area contributed by atoms with Crippen molar-refractivity contribution in [3.8, 4) is 5.75 Å². The molecule has 0 atom stereocenters. The number of halogens is 1. The van der Waals surface area contributed by atoms with Crippen LogP contribution in [0.3, 0.4) is 0 Å². The van der Waals surface area contributed by atoms with Gasteiger partial charge in [-0.05, 0) is 43.0 Å². The van der Waals surface area contributed by atoms with Gasteiger partial charge in [-0.1, -0.05) is 18.5 Å². The van der Waals surface area contributed by atoms with E-state index >= 15 is 0 Å². The summed E-state index contributed by atoms with van der Waals surface area (Å²) in [5.41, 5.74) is -0.00363. The Bertz CT molecular complexity index is 1130. The molecule has 0 aliphatic carbocycles. The summed E-state index contributed by atoms with van der Waals surface area (Å²) in [6.07, 6.45) is 3.88. The first-order valence-electron chi connectivity index (χ1n) is 9.79. The standard InChI is InChI=1S/C20H23ClN6O3/c1-13-5-8-25(9-6-13)17-7-10-26-19(23-17)24-27(20(26)29)12-18(28)22-15-11-14(21)3-4-16(15)30-2/h3-4,7,10-11,13H,5-6,8-9,12H2,1-2H3,(H,22,28). The minimum atomic E-state index is -0.426. The van der Waals surface area contributed by atoms with Gasteiger partial charge in [0.15, 0.2) is 0 Å². The molecule has 30 heavy (non-hydrogen) atoms. The van der Waals surface area contributed by atoms with Crippen molar-refractivity contribution in [3.63, 3.8) is 0 Å². The molecule has 1 saturated heterocycles. The van der Waals surface area contributed by atoms with Gasteiger partial charge >= 0.3 is 5.69 Å². The molecule has 0 radical (unpaired) electrons. The quantitative estimate of drug-likeness (QED) is 0.668. The van der Waals surface area contributed by atoms with Crippen molar-refractivity contribution >= 4 is 34.8 Å². The maximum atomic E-state index is 12.6. The molecule has 10 heteroatoms. The van der Waals surface area contributed by atoms with Crippen LogP contribution < -0.4 is 20.6 Å². The number of piperidine rings is 1. The van der Waals surface area contributed by atoms with E-state index in [1.165, 1.54) is 11.5 Å². The van der Waals surface area contributed by atoms with Gasteiger partial charge in [0.1, 0.15) is 18.1 Å². The van der Waals surface area contributed by atoms with E-state index in [2.05, 4.69) is 27.2 Å². The SMILES string of the molecule is COc1ccc(Cl)cc1NC(=O)Cn1nc2nc(N3CCC(C)CC3)ccn2c1=O. The zero-order chi connectivity index (χ0) is 21.3. The predicted molar refractivity (Wildman–Crippen MR) is 114 cm³/mol. The number of nitrogens with one attached hydrogen (secondary N) is 1. The van der Waals surface area contributed by atoms with Gasteiger partial charge in [0.05, 0.1) is 12.8 Å². The summed E-state index contributed by atoms with van der Waals surface area (Å²) >= 11 is 5.99. The molecular weight excluding hydrogens is 408 g/mol. The molecule has 158 valence electrons. The summed E-state index contributed by atoms with van der Waals surface area (Å²) < 4.78 is 7.65. The number of methoxy groups -OCH3 is 1. The highest BCUT2D eigenvalue weighted by Crippen LogP contribution is 2.27.